The van der Waals surface area contributed by atoms with Crippen LogP contribution in [0.15, 0.2) is 35.0 Å². The number of aromatic nitrogens is 1. The van der Waals surface area contributed by atoms with Gasteiger partial charge in [-0.15, -0.1) is 0 Å². The van der Waals surface area contributed by atoms with Crippen molar-refractivity contribution in [2.75, 3.05) is 6.54 Å². The molecule has 0 bridgehead atoms. The fraction of sp³-hybridized carbons (Fsp3) is 0.526. The number of amides is 2. The van der Waals surface area contributed by atoms with Crippen molar-refractivity contribution < 1.29 is 9.21 Å². The van der Waals surface area contributed by atoms with Crippen LogP contribution in [0.25, 0.3) is 0 Å². The molecule has 5 heteroatoms. The molecule has 3 rings (SSSR count). The second kappa shape index (κ2) is 7.60. The first-order valence-corrected chi connectivity index (χ1v) is 8.91. The van der Waals surface area contributed by atoms with E-state index in [-0.39, 0.29) is 12.1 Å². The number of carbonyl (C=O) groups is 1. The van der Waals surface area contributed by atoms with E-state index in [2.05, 4.69) is 12.2 Å². The maximum atomic E-state index is 12.8. The molecule has 1 unspecified atom stereocenters. The zero-order valence-corrected chi connectivity index (χ0v) is 14.6. The standard InChI is InChI=1S/C19H27N3O2/c1-3-16-8-9-18(24-16)17-7-5-4-6-11-22(17)19(23)20-13-15-10-12-21(2)14-15/h8-10,12,14,17H,3-7,11,13H2,1-2H3,(H,20,23). The highest BCUT2D eigenvalue weighted by molar-refractivity contribution is 5.74. The van der Waals surface area contributed by atoms with Crippen LogP contribution in [0.3, 0.4) is 0 Å². The minimum Gasteiger partial charge on any atom is -0.464 e. The number of furan rings is 1. The minimum absolute atomic E-state index is 0.000187. The van der Waals surface area contributed by atoms with Crippen LogP contribution >= 0.6 is 0 Å². The minimum atomic E-state index is 0.000187. The van der Waals surface area contributed by atoms with E-state index in [1.54, 1.807) is 0 Å². The van der Waals surface area contributed by atoms with Gasteiger partial charge in [0.05, 0.1) is 6.04 Å². The SMILES string of the molecule is CCc1ccc(C2CCCCCN2C(=O)NCc2ccn(C)c2)o1. The lowest BCUT2D eigenvalue weighted by Crippen LogP contribution is -2.41. The highest BCUT2D eigenvalue weighted by Crippen LogP contribution is 2.31. The third kappa shape index (κ3) is 3.83. The smallest absolute Gasteiger partial charge is 0.318 e. The molecule has 2 aromatic rings. The summed E-state index contributed by atoms with van der Waals surface area (Å²) in [6.45, 7) is 3.43. The van der Waals surface area contributed by atoms with Crippen LogP contribution in [0, 0.1) is 0 Å². The molecule has 1 atom stereocenters. The highest BCUT2D eigenvalue weighted by Gasteiger charge is 2.28. The summed E-state index contributed by atoms with van der Waals surface area (Å²) in [5, 5.41) is 3.06. The molecule has 5 nitrogen and oxygen atoms in total. The number of aryl methyl sites for hydroxylation is 2. The highest BCUT2D eigenvalue weighted by atomic mass is 16.3. The van der Waals surface area contributed by atoms with E-state index in [9.17, 15) is 4.79 Å². The quantitative estimate of drug-likeness (QED) is 0.921. The Labute approximate surface area is 143 Å². The van der Waals surface area contributed by atoms with E-state index in [0.29, 0.717) is 6.54 Å². The Kier molecular flexibility index (Phi) is 5.28. The summed E-state index contributed by atoms with van der Waals surface area (Å²) in [6, 6.07) is 6.14. The Morgan fingerprint density at radius 3 is 2.88 bits per heavy atom. The van der Waals surface area contributed by atoms with Gasteiger partial charge in [0.15, 0.2) is 0 Å². The number of hydrogen-bond donors (Lipinski definition) is 1. The Morgan fingerprint density at radius 2 is 2.17 bits per heavy atom. The summed E-state index contributed by atoms with van der Waals surface area (Å²) >= 11 is 0. The number of hydrogen-bond acceptors (Lipinski definition) is 2. The molecule has 1 fully saturated rings. The number of nitrogens with one attached hydrogen (secondary N) is 1. The molecule has 130 valence electrons. The van der Waals surface area contributed by atoms with Crippen LogP contribution < -0.4 is 5.32 Å². The fourth-order valence-electron chi connectivity index (χ4n) is 3.36. The Hall–Kier alpha value is -2.17. The maximum absolute atomic E-state index is 12.8. The van der Waals surface area contributed by atoms with Crippen molar-refractivity contribution >= 4 is 6.03 Å². The van der Waals surface area contributed by atoms with Gasteiger partial charge < -0.3 is 19.2 Å². The van der Waals surface area contributed by atoms with E-state index < -0.39 is 0 Å². The molecule has 1 saturated heterocycles. The van der Waals surface area contributed by atoms with Crippen LogP contribution in [0.4, 0.5) is 4.79 Å². The molecule has 3 heterocycles. The molecule has 24 heavy (non-hydrogen) atoms. The van der Waals surface area contributed by atoms with E-state index in [0.717, 1.165) is 49.3 Å². The summed E-state index contributed by atoms with van der Waals surface area (Å²) in [5.74, 6) is 1.91. The second-order valence-corrected chi connectivity index (χ2v) is 6.56. The Morgan fingerprint density at radius 1 is 1.29 bits per heavy atom. The van der Waals surface area contributed by atoms with Gasteiger partial charge in [0.1, 0.15) is 11.5 Å². The monoisotopic (exact) mass is 329 g/mol. The second-order valence-electron chi connectivity index (χ2n) is 6.56. The lowest BCUT2D eigenvalue weighted by Gasteiger charge is -2.28. The first-order valence-electron chi connectivity index (χ1n) is 8.91. The first kappa shape index (κ1) is 16.7. The summed E-state index contributed by atoms with van der Waals surface area (Å²) in [4.78, 5) is 14.7. The molecule has 2 aromatic heterocycles. The van der Waals surface area contributed by atoms with Gasteiger partial charge in [-0.3, -0.25) is 0 Å². The number of likely N-dealkylation sites (tertiary alicyclic amines) is 1. The van der Waals surface area contributed by atoms with Crippen molar-refractivity contribution in [3.05, 3.63) is 47.7 Å². The summed E-state index contributed by atoms with van der Waals surface area (Å²) in [7, 11) is 1.98. The van der Waals surface area contributed by atoms with Crippen molar-refractivity contribution in [2.45, 2.75) is 51.6 Å². The largest absolute Gasteiger partial charge is 0.464 e. The van der Waals surface area contributed by atoms with Gasteiger partial charge in [0.25, 0.3) is 0 Å². The summed E-state index contributed by atoms with van der Waals surface area (Å²) < 4.78 is 7.94. The van der Waals surface area contributed by atoms with Crippen LogP contribution in [0.2, 0.25) is 0 Å². The predicted octanol–water partition coefficient (Wildman–Crippen LogP) is 4.01. The average Bonchev–Trinajstić information content (AvgIpc) is 3.15. The molecule has 1 aliphatic heterocycles. The molecule has 1 aliphatic rings. The summed E-state index contributed by atoms with van der Waals surface area (Å²) in [5.41, 5.74) is 1.11. The van der Waals surface area contributed by atoms with E-state index in [1.165, 1.54) is 6.42 Å². The van der Waals surface area contributed by atoms with Crippen LogP contribution in [0.1, 0.15) is 55.7 Å². The normalized spacial score (nSPS) is 18.4. The fourth-order valence-corrected chi connectivity index (χ4v) is 3.36. The lowest BCUT2D eigenvalue weighted by atomic mass is 10.1. The van der Waals surface area contributed by atoms with Gasteiger partial charge in [0.2, 0.25) is 0 Å². The molecule has 1 N–H and O–H groups in total. The third-order valence-electron chi connectivity index (χ3n) is 4.71. The zero-order valence-electron chi connectivity index (χ0n) is 14.6. The van der Waals surface area contributed by atoms with E-state index in [1.807, 2.05) is 47.1 Å². The first-order chi connectivity index (χ1) is 11.7. The van der Waals surface area contributed by atoms with Crippen molar-refractivity contribution in [1.82, 2.24) is 14.8 Å². The van der Waals surface area contributed by atoms with Crippen molar-refractivity contribution in [3.8, 4) is 0 Å². The molecule has 0 spiro atoms. The molecular formula is C19H27N3O2. The topological polar surface area (TPSA) is 50.4 Å². The van der Waals surface area contributed by atoms with Gasteiger partial charge in [-0.05, 0) is 36.6 Å². The molecule has 2 amide bonds. The number of carbonyl (C=O) groups excluding carboxylic acids is 1. The average molecular weight is 329 g/mol. The van der Waals surface area contributed by atoms with Gasteiger partial charge in [-0.1, -0.05) is 19.8 Å². The van der Waals surface area contributed by atoms with Crippen molar-refractivity contribution in [3.63, 3.8) is 0 Å². The van der Waals surface area contributed by atoms with Gasteiger partial charge >= 0.3 is 6.03 Å². The van der Waals surface area contributed by atoms with Gasteiger partial charge in [0, 0.05) is 39.0 Å². The Balaban J connectivity index is 1.70. The third-order valence-corrected chi connectivity index (χ3v) is 4.71. The van der Waals surface area contributed by atoms with Gasteiger partial charge in [-0.25, -0.2) is 4.79 Å². The van der Waals surface area contributed by atoms with Crippen LogP contribution in [-0.4, -0.2) is 22.0 Å². The summed E-state index contributed by atoms with van der Waals surface area (Å²) in [6.07, 6.45) is 9.22. The molecule has 0 aromatic carbocycles. The van der Waals surface area contributed by atoms with Crippen LogP contribution in [0.5, 0.6) is 0 Å². The van der Waals surface area contributed by atoms with Crippen LogP contribution in [-0.2, 0) is 20.0 Å². The van der Waals surface area contributed by atoms with E-state index >= 15 is 0 Å². The Bertz CT molecular complexity index is 674. The lowest BCUT2D eigenvalue weighted by molar-refractivity contribution is 0.165. The van der Waals surface area contributed by atoms with E-state index in [4.69, 9.17) is 4.42 Å². The molecule has 0 saturated carbocycles. The van der Waals surface area contributed by atoms with Gasteiger partial charge in [-0.2, -0.15) is 0 Å². The number of nitrogens with zero attached hydrogens (tertiary/aromatic N) is 2. The van der Waals surface area contributed by atoms with Crippen molar-refractivity contribution in [2.24, 2.45) is 7.05 Å². The molecule has 0 radical (unpaired) electrons. The molecular weight excluding hydrogens is 302 g/mol. The zero-order chi connectivity index (χ0) is 16.9. The molecule has 0 aliphatic carbocycles. The van der Waals surface area contributed by atoms with Crippen molar-refractivity contribution in [1.29, 1.82) is 0 Å². The maximum Gasteiger partial charge on any atom is 0.318 e. The number of urea groups is 1. The number of rotatable bonds is 4. The predicted molar refractivity (Wildman–Crippen MR) is 93.6 cm³/mol.